The zero-order valence-electron chi connectivity index (χ0n) is 13.1. The molecule has 1 aliphatic heterocycles. The standard InChI is InChI=1S/C17H23NO4S/c19-16(11-15-6-1-2-8-22-15)18-14-5-3-4-13(10-14)12-23-9-7-17(20)21/h3-5,10,15H,1-2,6-9,11-12H2,(H,18,19)(H,20,21). The minimum Gasteiger partial charge on any atom is -0.481 e. The third-order valence-corrected chi connectivity index (χ3v) is 4.66. The minimum atomic E-state index is -0.775. The van der Waals surface area contributed by atoms with E-state index in [0.717, 1.165) is 42.9 Å². The molecule has 1 unspecified atom stereocenters. The molecule has 0 aliphatic carbocycles. The van der Waals surface area contributed by atoms with Gasteiger partial charge in [0.15, 0.2) is 0 Å². The van der Waals surface area contributed by atoms with Gasteiger partial charge in [-0.3, -0.25) is 9.59 Å². The predicted molar refractivity (Wildman–Crippen MR) is 91.7 cm³/mol. The van der Waals surface area contributed by atoms with Crippen molar-refractivity contribution in [1.82, 2.24) is 0 Å². The molecule has 1 saturated heterocycles. The van der Waals surface area contributed by atoms with E-state index >= 15 is 0 Å². The van der Waals surface area contributed by atoms with Crippen LogP contribution in [0.3, 0.4) is 0 Å². The maximum Gasteiger partial charge on any atom is 0.304 e. The lowest BCUT2D eigenvalue weighted by Crippen LogP contribution is -2.25. The third-order valence-electron chi connectivity index (χ3n) is 3.63. The first kappa shape index (κ1) is 17.8. The molecule has 1 aromatic carbocycles. The Kier molecular flexibility index (Phi) is 7.42. The number of amides is 1. The van der Waals surface area contributed by atoms with Crippen LogP contribution in [0.25, 0.3) is 0 Å². The van der Waals surface area contributed by atoms with Crippen molar-refractivity contribution < 1.29 is 19.4 Å². The number of anilines is 1. The molecule has 1 atom stereocenters. The monoisotopic (exact) mass is 337 g/mol. The summed E-state index contributed by atoms with van der Waals surface area (Å²) in [5, 5.41) is 11.5. The SMILES string of the molecule is O=C(O)CCSCc1cccc(NC(=O)CC2CCCCO2)c1. The molecule has 1 aliphatic rings. The largest absolute Gasteiger partial charge is 0.481 e. The van der Waals surface area contributed by atoms with Gasteiger partial charge in [-0.2, -0.15) is 11.8 Å². The summed E-state index contributed by atoms with van der Waals surface area (Å²) in [7, 11) is 0. The molecule has 1 aromatic rings. The quantitative estimate of drug-likeness (QED) is 0.712. The topological polar surface area (TPSA) is 75.6 Å². The Labute approximate surface area is 140 Å². The molecule has 23 heavy (non-hydrogen) atoms. The minimum absolute atomic E-state index is 0.0208. The Morgan fingerprint density at radius 2 is 2.22 bits per heavy atom. The van der Waals surface area contributed by atoms with E-state index < -0.39 is 5.97 Å². The number of carbonyl (C=O) groups excluding carboxylic acids is 1. The van der Waals surface area contributed by atoms with Crippen LogP contribution < -0.4 is 5.32 Å². The summed E-state index contributed by atoms with van der Waals surface area (Å²) in [5.41, 5.74) is 1.86. The number of hydrogen-bond donors (Lipinski definition) is 2. The van der Waals surface area contributed by atoms with E-state index in [9.17, 15) is 9.59 Å². The van der Waals surface area contributed by atoms with E-state index in [1.54, 1.807) is 11.8 Å². The number of carboxylic acid groups (broad SMARTS) is 1. The molecule has 1 amide bonds. The normalized spacial score (nSPS) is 17.7. The number of ether oxygens (including phenoxy) is 1. The fourth-order valence-electron chi connectivity index (χ4n) is 2.48. The van der Waals surface area contributed by atoms with Crippen molar-refractivity contribution in [3.05, 3.63) is 29.8 Å². The number of thioether (sulfide) groups is 1. The summed E-state index contributed by atoms with van der Waals surface area (Å²) in [4.78, 5) is 22.5. The van der Waals surface area contributed by atoms with Gasteiger partial charge in [0.2, 0.25) is 5.91 Å². The molecule has 5 nitrogen and oxygen atoms in total. The Morgan fingerprint density at radius 3 is 2.96 bits per heavy atom. The first-order valence-corrected chi connectivity index (χ1v) is 9.09. The van der Waals surface area contributed by atoms with Crippen LogP contribution in [0.5, 0.6) is 0 Å². The van der Waals surface area contributed by atoms with Crippen molar-refractivity contribution in [3.63, 3.8) is 0 Å². The van der Waals surface area contributed by atoms with Crippen molar-refractivity contribution in [2.24, 2.45) is 0 Å². The molecule has 126 valence electrons. The zero-order valence-corrected chi connectivity index (χ0v) is 13.9. The highest BCUT2D eigenvalue weighted by molar-refractivity contribution is 7.98. The van der Waals surface area contributed by atoms with Crippen LogP contribution >= 0.6 is 11.8 Å². The molecule has 2 rings (SSSR count). The fourth-order valence-corrected chi connectivity index (χ4v) is 3.35. The van der Waals surface area contributed by atoms with Crippen LogP contribution in [0.15, 0.2) is 24.3 Å². The van der Waals surface area contributed by atoms with Gasteiger partial charge in [-0.25, -0.2) is 0 Å². The predicted octanol–water partition coefficient (Wildman–Crippen LogP) is 3.29. The summed E-state index contributed by atoms with van der Waals surface area (Å²) in [6.07, 6.45) is 3.77. The van der Waals surface area contributed by atoms with E-state index in [0.29, 0.717) is 12.2 Å². The molecular formula is C17H23NO4S. The van der Waals surface area contributed by atoms with Crippen LogP contribution in [0, 0.1) is 0 Å². The summed E-state index contributed by atoms with van der Waals surface area (Å²) in [6.45, 7) is 0.751. The number of benzene rings is 1. The van der Waals surface area contributed by atoms with E-state index in [2.05, 4.69) is 5.32 Å². The Bertz CT molecular complexity index is 529. The highest BCUT2D eigenvalue weighted by Crippen LogP contribution is 2.19. The van der Waals surface area contributed by atoms with Gasteiger partial charge in [0, 0.05) is 23.8 Å². The Hall–Kier alpha value is -1.53. The first-order chi connectivity index (χ1) is 11.1. The summed E-state index contributed by atoms with van der Waals surface area (Å²) >= 11 is 1.58. The Morgan fingerprint density at radius 1 is 1.35 bits per heavy atom. The average Bonchev–Trinajstić information content (AvgIpc) is 2.52. The van der Waals surface area contributed by atoms with E-state index in [-0.39, 0.29) is 18.4 Å². The number of carbonyl (C=O) groups is 2. The van der Waals surface area contributed by atoms with Gasteiger partial charge in [0.05, 0.1) is 18.9 Å². The lowest BCUT2D eigenvalue weighted by atomic mass is 10.1. The van der Waals surface area contributed by atoms with E-state index in [4.69, 9.17) is 9.84 Å². The molecule has 0 bridgehead atoms. The van der Waals surface area contributed by atoms with Crippen molar-refractivity contribution in [1.29, 1.82) is 0 Å². The third kappa shape index (κ3) is 7.05. The molecular weight excluding hydrogens is 314 g/mol. The second-order valence-electron chi connectivity index (χ2n) is 5.64. The summed E-state index contributed by atoms with van der Waals surface area (Å²) in [5.74, 6) is 0.532. The molecule has 6 heteroatoms. The lowest BCUT2D eigenvalue weighted by molar-refractivity contribution is -0.136. The molecule has 0 saturated carbocycles. The van der Waals surface area contributed by atoms with Gasteiger partial charge in [-0.15, -0.1) is 0 Å². The number of carboxylic acids is 1. The number of hydrogen-bond acceptors (Lipinski definition) is 4. The smallest absolute Gasteiger partial charge is 0.304 e. The Balaban J connectivity index is 1.77. The van der Waals surface area contributed by atoms with Gasteiger partial charge in [-0.1, -0.05) is 12.1 Å². The maximum atomic E-state index is 12.1. The number of rotatable bonds is 8. The van der Waals surface area contributed by atoms with Gasteiger partial charge in [-0.05, 0) is 37.0 Å². The van der Waals surface area contributed by atoms with Crippen molar-refractivity contribution in [2.45, 2.75) is 44.0 Å². The number of aliphatic carboxylic acids is 1. The van der Waals surface area contributed by atoms with Gasteiger partial charge in [0.25, 0.3) is 0 Å². The van der Waals surface area contributed by atoms with Crippen molar-refractivity contribution >= 4 is 29.3 Å². The highest BCUT2D eigenvalue weighted by atomic mass is 32.2. The highest BCUT2D eigenvalue weighted by Gasteiger charge is 2.17. The average molecular weight is 337 g/mol. The summed E-state index contributed by atoms with van der Waals surface area (Å²) < 4.78 is 5.58. The van der Waals surface area contributed by atoms with Gasteiger partial charge >= 0.3 is 5.97 Å². The first-order valence-electron chi connectivity index (χ1n) is 7.93. The van der Waals surface area contributed by atoms with Crippen LogP contribution in [-0.2, 0) is 20.1 Å². The molecule has 0 radical (unpaired) electrons. The van der Waals surface area contributed by atoms with Crippen molar-refractivity contribution in [3.8, 4) is 0 Å². The zero-order chi connectivity index (χ0) is 16.5. The van der Waals surface area contributed by atoms with Crippen LogP contribution in [-0.4, -0.2) is 35.4 Å². The van der Waals surface area contributed by atoms with Gasteiger partial charge in [0.1, 0.15) is 0 Å². The molecule has 1 fully saturated rings. The fraction of sp³-hybridized carbons (Fsp3) is 0.529. The van der Waals surface area contributed by atoms with E-state index in [1.165, 1.54) is 0 Å². The van der Waals surface area contributed by atoms with Crippen molar-refractivity contribution in [2.75, 3.05) is 17.7 Å². The molecule has 0 spiro atoms. The van der Waals surface area contributed by atoms with E-state index in [1.807, 2.05) is 24.3 Å². The second kappa shape index (κ2) is 9.57. The number of nitrogens with one attached hydrogen (secondary N) is 1. The lowest BCUT2D eigenvalue weighted by Gasteiger charge is -2.22. The second-order valence-corrected chi connectivity index (χ2v) is 6.74. The van der Waals surface area contributed by atoms with Crippen LogP contribution in [0.1, 0.15) is 37.7 Å². The van der Waals surface area contributed by atoms with Crippen LogP contribution in [0.2, 0.25) is 0 Å². The van der Waals surface area contributed by atoms with Crippen LogP contribution in [0.4, 0.5) is 5.69 Å². The maximum absolute atomic E-state index is 12.1. The van der Waals surface area contributed by atoms with Gasteiger partial charge < -0.3 is 15.2 Å². The molecule has 1 heterocycles. The summed E-state index contributed by atoms with van der Waals surface area (Å²) in [6, 6.07) is 7.69. The molecule has 2 N–H and O–H groups in total. The molecule has 0 aromatic heterocycles.